The van der Waals surface area contributed by atoms with Gasteiger partial charge in [0.15, 0.2) is 0 Å². The van der Waals surface area contributed by atoms with Crippen molar-refractivity contribution in [1.82, 2.24) is 19.8 Å². The van der Waals surface area contributed by atoms with Gasteiger partial charge >= 0.3 is 11.8 Å². The zero-order valence-corrected chi connectivity index (χ0v) is 22.8. The summed E-state index contributed by atoms with van der Waals surface area (Å²) in [5, 5.41) is 3.93. The first-order valence-corrected chi connectivity index (χ1v) is 14.0. The number of carbonyl (C=O) groups is 2. The van der Waals surface area contributed by atoms with Crippen LogP contribution in [0.2, 0.25) is 0 Å². The Morgan fingerprint density at radius 2 is 2.00 bits per heavy atom. The van der Waals surface area contributed by atoms with Crippen LogP contribution >= 0.6 is 11.3 Å². The molecule has 3 aromatic rings. The molecule has 2 fully saturated rings. The van der Waals surface area contributed by atoms with E-state index in [1.165, 1.54) is 15.9 Å². The molecule has 3 N–H and O–H groups in total. The number of anilines is 2. The van der Waals surface area contributed by atoms with Crippen LogP contribution in [0.1, 0.15) is 68.1 Å². The van der Waals surface area contributed by atoms with E-state index in [0.29, 0.717) is 42.3 Å². The van der Waals surface area contributed by atoms with Gasteiger partial charge in [-0.25, -0.2) is 9.97 Å². The van der Waals surface area contributed by atoms with Crippen LogP contribution in [0.4, 0.5) is 11.5 Å². The molecule has 8 nitrogen and oxygen atoms in total. The topological polar surface area (TPSA) is 104 Å². The molecule has 2 aliphatic rings. The molecule has 0 bridgehead atoms. The summed E-state index contributed by atoms with van der Waals surface area (Å²) in [5.74, 6) is 0.0625. The highest BCUT2D eigenvalue weighted by Gasteiger charge is 2.35. The molecule has 2 aromatic heterocycles. The van der Waals surface area contributed by atoms with Crippen LogP contribution in [-0.2, 0) is 16.0 Å². The number of nitrogens with two attached hydrogens (primary N) is 1. The minimum absolute atomic E-state index is 0.155. The third-order valence-corrected chi connectivity index (χ3v) is 9.16. The molecule has 0 saturated carbocycles. The fraction of sp³-hybridized carbons (Fsp3) is 0.500. The lowest BCUT2D eigenvalue weighted by Gasteiger charge is -2.38. The van der Waals surface area contributed by atoms with E-state index in [0.717, 1.165) is 42.5 Å². The molecule has 2 amide bonds. The van der Waals surface area contributed by atoms with Gasteiger partial charge in [-0.1, -0.05) is 19.9 Å². The summed E-state index contributed by atoms with van der Waals surface area (Å²) in [6.45, 7) is 7.95. The Labute approximate surface area is 222 Å². The molecule has 37 heavy (non-hydrogen) atoms. The number of piperidine rings is 1. The lowest BCUT2D eigenvalue weighted by atomic mass is 9.89. The molecular weight excluding hydrogens is 484 g/mol. The zero-order valence-electron chi connectivity index (χ0n) is 22.0. The van der Waals surface area contributed by atoms with Crippen molar-refractivity contribution in [2.75, 3.05) is 31.2 Å². The Balaban J connectivity index is 1.37. The maximum Gasteiger partial charge on any atom is 0.313 e. The smallest absolute Gasteiger partial charge is 0.313 e. The monoisotopic (exact) mass is 520 g/mol. The Kier molecular flexibility index (Phi) is 7.18. The SMILES string of the molecule is CCc1cc(NC(=O)C(=O)N2C[C@@H](C)CC[C@@H]2c2ccc3sc(C4CC(C)N(C)C4)nc3c2)cnc1N. The van der Waals surface area contributed by atoms with E-state index in [4.69, 9.17) is 10.7 Å². The third-order valence-electron chi connectivity index (χ3n) is 7.96. The van der Waals surface area contributed by atoms with Gasteiger partial charge < -0.3 is 20.9 Å². The summed E-state index contributed by atoms with van der Waals surface area (Å²) < 4.78 is 1.17. The number of rotatable bonds is 4. The van der Waals surface area contributed by atoms with Crippen LogP contribution in [0.25, 0.3) is 10.2 Å². The summed E-state index contributed by atoms with van der Waals surface area (Å²) in [6, 6.07) is 8.54. The number of hydrogen-bond acceptors (Lipinski definition) is 7. The molecule has 2 aliphatic heterocycles. The molecule has 4 atom stereocenters. The maximum atomic E-state index is 13.4. The van der Waals surface area contributed by atoms with E-state index in [1.807, 2.05) is 6.92 Å². The van der Waals surface area contributed by atoms with Crippen molar-refractivity contribution in [2.45, 2.75) is 64.5 Å². The van der Waals surface area contributed by atoms with E-state index < -0.39 is 11.8 Å². The van der Waals surface area contributed by atoms with Crippen molar-refractivity contribution >= 4 is 44.9 Å². The average Bonchev–Trinajstić information content (AvgIpc) is 3.46. The molecule has 1 aromatic carbocycles. The number of carbonyl (C=O) groups excluding carboxylic acids is 2. The highest BCUT2D eigenvalue weighted by atomic mass is 32.1. The fourth-order valence-electron chi connectivity index (χ4n) is 5.63. The molecule has 0 aliphatic carbocycles. The van der Waals surface area contributed by atoms with Gasteiger partial charge in [-0.15, -0.1) is 11.3 Å². The molecule has 0 radical (unpaired) electrons. The summed E-state index contributed by atoms with van der Waals surface area (Å²) in [5.41, 5.74) is 9.23. The number of nitrogen functional groups attached to an aromatic ring is 1. The van der Waals surface area contributed by atoms with Gasteiger partial charge in [-0.2, -0.15) is 0 Å². The first-order chi connectivity index (χ1) is 17.7. The van der Waals surface area contributed by atoms with Crippen LogP contribution in [0.15, 0.2) is 30.5 Å². The molecule has 2 saturated heterocycles. The largest absolute Gasteiger partial charge is 0.383 e. The van der Waals surface area contributed by atoms with Crippen molar-refractivity contribution in [3.8, 4) is 0 Å². The quantitative estimate of drug-likeness (QED) is 0.488. The minimum Gasteiger partial charge on any atom is -0.383 e. The van der Waals surface area contributed by atoms with E-state index in [-0.39, 0.29) is 6.04 Å². The predicted octanol–water partition coefficient (Wildman–Crippen LogP) is 4.58. The standard InChI is InChI=1S/C28H36N6O2S/c1-5-18-11-21(13-30-25(18)29)31-26(35)28(36)34-14-16(2)6-8-23(34)19-7-9-24-22(12-19)32-27(37-24)20-10-17(3)33(4)15-20/h7,9,11-13,16-17,20,23H,5-6,8,10,14-15H2,1-4H3,(H2,29,30)(H,31,35)/t16-,17?,20?,23+/m0/s1. The number of aryl methyl sites for hydroxylation is 1. The molecule has 196 valence electrons. The highest BCUT2D eigenvalue weighted by molar-refractivity contribution is 7.18. The van der Waals surface area contributed by atoms with Crippen molar-refractivity contribution in [1.29, 1.82) is 0 Å². The molecule has 9 heteroatoms. The average molecular weight is 521 g/mol. The third kappa shape index (κ3) is 5.20. The number of nitrogens with one attached hydrogen (secondary N) is 1. The first kappa shape index (κ1) is 25.6. The number of likely N-dealkylation sites (tertiary alicyclic amines) is 2. The highest BCUT2D eigenvalue weighted by Crippen LogP contribution is 2.38. The van der Waals surface area contributed by atoms with Gasteiger partial charge in [-0.3, -0.25) is 9.59 Å². The van der Waals surface area contributed by atoms with E-state index >= 15 is 0 Å². The number of aromatic nitrogens is 2. The molecule has 0 spiro atoms. The Morgan fingerprint density at radius 1 is 1.19 bits per heavy atom. The normalized spacial score (nSPS) is 24.5. The van der Waals surface area contributed by atoms with Crippen molar-refractivity contribution in [3.63, 3.8) is 0 Å². The summed E-state index contributed by atoms with van der Waals surface area (Å²) in [6.07, 6.45) is 5.14. The molecule has 2 unspecified atom stereocenters. The second kappa shape index (κ2) is 10.4. The van der Waals surface area contributed by atoms with E-state index in [1.54, 1.807) is 22.3 Å². The van der Waals surface area contributed by atoms with Gasteiger partial charge in [0.2, 0.25) is 0 Å². The lowest BCUT2D eigenvalue weighted by molar-refractivity contribution is -0.146. The molecule has 4 heterocycles. The summed E-state index contributed by atoms with van der Waals surface area (Å²) >= 11 is 1.77. The van der Waals surface area contributed by atoms with Gasteiger partial charge in [0.1, 0.15) is 5.82 Å². The summed E-state index contributed by atoms with van der Waals surface area (Å²) in [7, 11) is 2.17. The van der Waals surface area contributed by atoms with Crippen molar-refractivity contribution < 1.29 is 9.59 Å². The zero-order chi connectivity index (χ0) is 26.3. The molecule has 5 rings (SSSR count). The number of nitrogens with zero attached hydrogens (tertiary/aromatic N) is 4. The van der Waals surface area contributed by atoms with Crippen LogP contribution < -0.4 is 11.1 Å². The van der Waals surface area contributed by atoms with Crippen molar-refractivity contribution in [2.24, 2.45) is 5.92 Å². The number of amides is 2. The first-order valence-electron chi connectivity index (χ1n) is 13.2. The van der Waals surface area contributed by atoms with Gasteiger partial charge in [-0.05, 0) is 74.9 Å². The number of pyridine rings is 1. The Morgan fingerprint density at radius 3 is 2.73 bits per heavy atom. The van der Waals surface area contributed by atoms with Crippen LogP contribution in [-0.4, -0.2) is 57.8 Å². The molecular formula is C28H36N6O2S. The van der Waals surface area contributed by atoms with Gasteiger partial charge in [0.05, 0.1) is 33.2 Å². The predicted molar refractivity (Wildman–Crippen MR) is 149 cm³/mol. The van der Waals surface area contributed by atoms with E-state index in [2.05, 4.69) is 54.3 Å². The van der Waals surface area contributed by atoms with E-state index in [9.17, 15) is 9.59 Å². The Bertz CT molecular complexity index is 1310. The maximum absolute atomic E-state index is 13.4. The summed E-state index contributed by atoms with van der Waals surface area (Å²) in [4.78, 5) is 39.7. The second-order valence-electron chi connectivity index (χ2n) is 10.7. The van der Waals surface area contributed by atoms with Gasteiger partial charge in [0, 0.05) is 25.0 Å². The number of likely N-dealkylation sites (N-methyl/N-ethyl adjacent to an activating group) is 1. The Hall–Kier alpha value is -3.04. The van der Waals surface area contributed by atoms with Gasteiger partial charge in [0.25, 0.3) is 0 Å². The van der Waals surface area contributed by atoms with Crippen LogP contribution in [0.5, 0.6) is 0 Å². The van der Waals surface area contributed by atoms with Crippen molar-refractivity contribution in [3.05, 3.63) is 46.6 Å². The van der Waals surface area contributed by atoms with Crippen LogP contribution in [0.3, 0.4) is 0 Å². The van der Waals surface area contributed by atoms with Crippen LogP contribution in [0, 0.1) is 5.92 Å². The number of thiazole rings is 1. The fourth-order valence-corrected chi connectivity index (χ4v) is 6.68. The minimum atomic E-state index is -0.649. The lowest BCUT2D eigenvalue weighted by Crippen LogP contribution is -2.46. The second-order valence-corrected chi connectivity index (χ2v) is 11.8. The number of benzene rings is 1. The number of fused-ring (bicyclic) bond motifs is 1. The number of hydrogen-bond donors (Lipinski definition) is 2.